The van der Waals surface area contributed by atoms with Crippen LogP contribution in [0.15, 0.2) is 21.6 Å². The fourth-order valence-electron chi connectivity index (χ4n) is 1.86. The largest absolute Gasteiger partial charge is 0.301 e. The summed E-state index contributed by atoms with van der Waals surface area (Å²) in [5.74, 6) is -0.256. The number of carbonyl (C=O) groups is 1. The standard InChI is InChI=1S/C16H16N2O2S2/c1-16(2,3)13(19)11(8-17)15-18(4)14(20)12(22-15)7-10-5-6-21-9-10/h5-7,9H,1-4H3/b12-7-,15-11+. The van der Waals surface area contributed by atoms with Crippen LogP contribution >= 0.6 is 22.7 Å². The molecule has 0 aliphatic carbocycles. The smallest absolute Gasteiger partial charge is 0.268 e. The van der Waals surface area contributed by atoms with Gasteiger partial charge in [-0.1, -0.05) is 20.8 Å². The molecule has 0 atom stereocenters. The quantitative estimate of drug-likeness (QED) is 0.840. The second kappa shape index (κ2) is 6.03. The third-order valence-electron chi connectivity index (χ3n) is 3.10. The van der Waals surface area contributed by atoms with Crippen molar-refractivity contribution in [2.45, 2.75) is 20.8 Å². The highest BCUT2D eigenvalue weighted by Gasteiger charge is 2.26. The number of rotatable bonds is 2. The molecule has 4 nitrogen and oxygen atoms in total. The summed E-state index contributed by atoms with van der Waals surface area (Å²) in [5, 5.41) is 13.2. The number of Topliss-reactive ketones (excluding diaryl/α,β-unsaturated/α-hetero) is 1. The van der Waals surface area contributed by atoms with E-state index in [1.165, 1.54) is 15.9 Å². The van der Waals surface area contributed by atoms with E-state index in [4.69, 9.17) is 0 Å². The van der Waals surface area contributed by atoms with Crippen LogP contribution in [-0.2, 0) is 11.8 Å². The van der Waals surface area contributed by atoms with Crippen molar-refractivity contribution in [1.29, 1.82) is 5.26 Å². The van der Waals surface area contributed by atoms with Crippen molar-refractivity contribution < 1.29 is 4.79 Å². The molecule has 22 heavy (non-hydrogen) atoms. The Morgan fingerprint density at radius 1 is 1.41 bits per heavy atom. The summed E-state index contributed by atoms with van der Waals surface area (Å²) < 4.78 is 2.31. The number of thiazole rings is 1. The molecule has 0 amide bonds. The van der Waals surface area contributed by atoms with Crippen molar-refractivity contribution in [2.75, 3.05) is 0 Å². The summed E-state index contributed by atoms with van der Waals surface area (Å²) in [5.41, 5.74) is 0.126. The van der Waals surface area contributed by atoms with E-state index in [0.717, 1.165) is 5.56 Å². The maximum atomic E-state index is 12.4. The molecule has 2 aromatic heterocycles. The zero-order valence-electron chi connectivity index (χ0n) is 12.8. The Morgan fingerprint density at radius 3 is 2.59 bits per heavy atom. The molecule has 0 aliphatic heterocycles. The number of aromatic nitrogens is 1. The molecule has 0 N–H and O–H groups in total. The van der Waals surface area contributed by atoms with Crippen molar-refractivity contribution in [3.63, 3.8) is 0 Å². The van der Waals surface area contributed by atoms with Gasteiger partial charge in [0.15, 0.2) is 5.78 Å². The Labute approximate surface area is 136 Å². The predicted molar refractivity (Wildman–Crippen MR) is 90.2 cm³/mol. The molecule has 2 aromatic rings. The van der Waals surface area contributed by atoms with Gasteiger partial charge in [0.1, 0.15) is 16.3 Å². The van der Waals surface area contributed by atoms with Crippen LogP contribution < -0.4 is 14.8 Å². The molecule has 6 heteroatoms. The van der Waals surface area contributed by atoms with Gasteiger partial charge in [-0.05, 0) is 28.5 Å². The minimum absolute atomic E-state index is 0.0436. The Hall–Kier alpha value is -1.97. The summed E-state index contributed by atoms with van der Waals surface area (Å²) in [6.07, 6.45) is 1.78. The SMILES string of the molecule is Cn1c(=O)/c(=C/c2ccsc2)s/c1=C(\C#N)C(=O)C(C)(C)C. The molecule has 0 bridgehead atoms. The zero-order chi connectivity index (χ0) is 16.5. The number of hydrogen-bond acceptors (Lipinski definition) is 5. The molecule has 2 rings (SSSR count). The van der Waals surface area contributed by atoms with Crippen LogP contribution in [-0.4, -0.2) is 10.4 Å². The van der Waals surface area contributed by atoms with Crippen LogP contribution in [0.25, 0.3) is 11.6 Å². The van der Waals surface area contributed by atoms with Crippen molar-refractivity contribution in [2.24, 2.45) is 12.5 Å². The highest BCUT2D eigenvalue weighted by molar-refractivity contribution is 7.08. The molecule has 0 aromatic carbocycles. The molecule has 0 unspecified atom stereocenters. The number of nitrogens with zero attached hydrogens (tertiary/aromatic N) is 2. The maximum absolute atomic E-state index is 12.4. The van der Waals surface area contributed by atoms with E-state index in [9.17, 15) is 14.9 Å². The Morgan fingerprint density at radius 2 is 2.09 bits per heavy atom. The molecule has 2 heterocycles. The molecule has 0 radical (unpaired) electrons. The lowest BCUT2D eigenvalue weighted by molar-refractivity contribution is -0.120. The molecular weight excluding hydrogens is 316 g/mol. The summed E-state index contributed by atoms with van der Waals surface area (Å²) in [4.78, 5) is 24.7. The van der Waals surface area contributed by atoms with Crippen LogP contribution in [0.5, 0.6) is 0 Å². The van der Waals surface area contributed by atoms with E-state index in [1.807, 2.05) is 22.9 Å². The molecular formula is C16H16N2O2S2. The van der Waals surface area contributed by atoms with Crippen LogP contribution in [0.1, 0.15) is 26.3 Å². The van der Waals surface area contributed by atoms with E-state index in [1.54, 1.807) is 45.2 Å². The van der Waals surface area contributed by atoms with Crippen molar-refractivity contribution in [3.8, 4) is 6.07 Å². The predicted octanol–water partition coefficient (Wildman–Crippen LogP) is 1.63. The first-order chi connectivity index (χ1) is 10.3. The van der Waals surface area contributed by atoms with E-state index in [2.05, 4.69) is 0 Å². The summed E-state index contributed by atoms with van der Waals surface area (Å²) in [6.45, 7) is 5.28. The zero-order valence-corrected chi connectivity index (χ0v) is 14.5. The summed E-state index contributed by atoms with van der Waals surface area (Å²) in [7, 11) is 1.59. The third-order valence-corrected chi connectivity index (χ3v) is 4.99. The van der Waals surface area contributed by atoms with Crippen LogP contribution in [0.3, 0.4) is 0 Å². The summed E-state index contributed by atoms with van der Waals surface area (Å²) in [6, 6.07) is 3.89. The lowest BCUT2D eigenvalue weighted by Crippen LogP contribution is -2.32. The number of carbonyl (C=O) groups excluding carboxylic acids is 1. The van der Waals surface area contributed by atoms with Crippen LogP contribution in [0, 0.1) is 16.7 Å². The highest BCUT2D eigenvalue weighted by Crippen LogP contribution is 2.19. The van der Waals surface area contributed by atoms with E-state index >= 15 is 0 Å². The van der Waals surface area contributed by atoms with Crippen LogP contribution in [0.2, 0.25) is 0 Å². The minimum Gasteiger partial charge on any atom is -0.301 e. The summed E-state index contributed by atoms with van der Waals surface area (Å²) >= 11 is 2.73. The van der Waals surface area contributed by atoms with E-state index in [0.29, 0.717) is 9.20 Å². The van der Waals surface area contributed by atoms with Gasteiger partial charge in [0.2, 0.25) is 0 Å². The first kappa shape index (κ1) is 16.4. The first-order valence-electron chi connectivity index (χ1n) is 6.64. The van der Waals surface area contributed by atoms with Gasteiger partial charge in [-0.25, -0.2) is 0 Å². The number of hydrogen-bond donors (Lipinski definition) is 0. The number of nitriles is 1. The molecule has 0 fully saturated rings. The van der Waals surface area contributed by atoms with Gasteiger partial charge >= 0.3 is 0 Å². The maximum Gasteiger partial charge on any atom is 0.268 e. The van der Waals surface area contributed by atoms with Gasteiger partial charge in [0, 0.05) is 12.5 Å². The van der Waals surface area contributed by atoms with Gasteiger partial charge in [0.25, 0.3) is 5.56 Å². The second-order valence-electron chi connectivity index (χ2n) is 5.90. The monoisotopic (exact) mass is 332 g/mol. The lowest BCUT2D eigenvalue weighted by atomic mass is 9.87. The second-order valence-corrected chi connectivity index (χ2v) is 7.71. The lowest BCUT2D eigenvalue weighted by Gasteiger charge is -2.15. The molecule has 0 saturated heterocycles. The Bertz CT molecular complexity index is 917. The van der Waals surface area contributed by atoms with Crippen molar-refractivity contribution in [1.82, 2.24) is 4.57 Å². The Kier molecular flexibility index (Phi) is 4.50. The first-order valence-corrected chi connectivity index (χ1v) is 8.40. The van der Waals surface area contributed by atoms with Gasteiger partial charge in [-0.15, -0.1) is 11.3 Å². The van der Waals surface area contributed by atoms with Crippen LogP contribution in [0.4, 0.5) is 0 Å². The van der Waals surface area contributed by atoms with E-state index < -0.39 is 5.41 Å². The molecule has 0 aliphatic rings. The molecule has 114 valence electrons. The normalized spacial score (nSPS) is 13.9. The molecule has 0 spiro atoms. The van der Waals surface area contributed by atoms with E-state index in [-0.39, 0.29) is 16.9 Å². The average Bonchev–Trinajstić information content (AvgIpc) is 3.04. The number of thiophene rings is 1. The Balaban J connectivity index is 2.78. The minimum atomic E-state index is -0.664. The van der Waals surface area contributed by atoms with Gasteiger partial charge in [-0.3, -0.25) is 9.59 Å². The fraction of sp³-hybridized carbons (Fsp3) is 0.312. The van der Waals surface area contributed by atoms with Gasteiger partial charge in [0.05, 0.1) is 4.53 Å². The average molecular weight is 332 g/mol. The topological polar surface area (TPSA) is 62.9 Å². The number of ketones is 1. The van der Waals surface area contributed by atoms with Gasteiger partial charge in [-0.2, -0.15) is 16.6 Å². The highest BCUT2D eigenvalue weighted by atomic mass is 32.1. The molecule has 0 saturated carbocycles. The van der Waals surface area contributed by atoms with Crippen molar-refractivity contribution >= 4 is 40.1 Å². The van der Waals surface area contributed by atoms with Crippen molar-refractivity contribution in [3.05, 3.63) is 41.9 Å². The van der Waals surface area contributed by atoms with Gasteiger partial charge < -0.3 is 4.57 Å². The third kappa shape index (κ3) is 3.11. The fourth-order valence-corrected chi connectivity index (χ4v) is 3.57.